The van der Waals surface area contributed by atoms with E-state index >= 15 is 0 Å². The van der Waals surface area contributed by atoms with Crippen molar-refractivity contribution in [2.24, 2.45) is 0 Å². The summed E-state index contributed by atoms with van der Waals surface area (Å²) in [6.07, 6.45) is 1.82. The predicted molar refractivity (Wildman–Crippen MR) is 54.4 cm³/mol. The molecule has 1 aliphatic rings. The first kappa shape index (κ1) is 9.64. The highest BCUT2D eigenvalue weighted by Gasteiger charge is 2.29. The standard InChI is InChI=1S/C10H9NO4/c1-2-5-7(9(13)8(5)12)11-6-3-4-15-10(6)14/h2,6,11H,1,3-4H2/t6-/m0/s1. The monoisotopic (exact) mass is 207 g/mol. The van der Waals surface area contributed by atoms with Crippen molar-refractivity contribution in [3.05, 3.63) is 32.6 Å². The Labute approximate surface area is 85.1 Å². The van der Waals surface area contributed by atoms with Gasteiger partial charge >= 0.3 is 5.97 Å². The van der Waals surface area contributed by atoms with Crippen LogP contribution in [0.5, 0.6) is 0 Å². The second kappa shape index (κ2) is 3.34. The molecule has 1 saturated heterocycles. The molecule has 0 aromatic heterocycles. The fraction of sp³-hybridized carbons (Fsp3) is 0.300. The second-order valence-electron chi connectivity index (χ2n) is 3.30. The molecule has 1 aliphatic heterocycles. The van der Waals surface area contributed by atoms with E-state index in [0.29, 0.717) is 13.0 Å². The molecule has 0 bridgehead atoms. The molecule has 5 heteroatoms. The summed E-state index contributed by atoms with van der Waals surface area (Å²) in [6.45, 7) is 3.77. The lowest BCUT2D eigenvalue weighted by molar-refractivity contribution is -0.138. The average molecular weight is 207 g/mol. The lowest BCUT2D eigenvalue weighted by Crippen LogP contribution is -2.40. The van der Waals surface area contributed by atoms with Gasteiger partial charge in [0.1, 0.15) is 6.04 Å². The van der Waals surface area contributed by atoms with Gasteiger partial charge in [-0.05, 0) is 0 Å². The third kappa shape index (κ3) is 1.36. The summed E-state index contributed by atoms with van der Waals surface area (Å²) in [5.41, 5.74) is -0.720. The molecule has 1 aromatic rings. The van der Waals surface area contributed by atoms with Gasteiger partial charge in [0.15, 0.2) is 0 Å². The summed E-state index contributed by atoms with van der Waals surface area (Å²) >= 11 is 0. The molecular formula is C10H9NO4. The van der Waals surface area contributed by atoms with Crippen molar-refractivity contribution < 1.29 is 9.53 Å². The molecule has 1 fully saturated rings. The van der Waals surface area contributed by atoms with E-state index in [1.165, 1.54) is 6.08 Å². The van der Waals surface area contributed by atoms with Gasteiger partial charge in [-0.15, -0.1) is 0 Å². The molecule has 0 spiro atoms. The number of anilines is 1. The fourth-order valence-corrected chi connectivity index (χ4v) is 1.55. The molecule has 15 heavy (non-hydrogen) atoms. The Bertz CT molecular complexity index is 496. The highest BCUT2D eigenvalue weighted by molar-refractivity contribution is 5.83. The van der Waals surface area contributed by atoms with Gasteiger partial charge in [0.2, 0.25) is 10.9 Å². The highest BCUT2D eigenvalue weighted by Crippen LogP contribution is 2.15. The second-order valence-corrected chi connectivity index (χ2v) is 3.30. The van der Waals surface area contributed by atoms with Crippen LogP contribution < -0.4 is 16.2 Å². The van der Waals surface area contributed by atoms with Crippen molar-refractivity contribution in [1.29, 1.82) is 0 Å². The summed E-state index contributed by atoms with van der Waals surface area (Å²) in [6, 6.07) is -0.521. The summed E-state index contributed by atoms with van der Waals surface area (Å²) < 4.78 is 4.72. The number of rotatable bonds is 3. The topological polar surface area (TPSA) is 72.5 Å². The molecule has 0 amide bonds. The third-order valence-electron chi connectivity index (χ3n) is 2.41. The minimum Gasteiger partial charge on any atom is -0.464 e. The van der Waals surface area contributed by atoms with Crippen molar-refractivity contribution in [3.8, 4) is 0 Å². The first-order chi connectivity index (χ1) is 7.15. The van der Waals surface area contributed by atoms with Crippen LogP contribution in [0.3, 0.4) is 0 Å². The van der Waals surface area contributed by atoms with E-state index in [0.717, 1.165) is 0 Å². The number of hydrogen-bond acceptors (Lipinski definition) is 5. The number of ether oxygens (including phenoxy) is 1. The zero-order valence-corrected chi connectivity index (χ0v) is 7.91. The molecule has 1 N–H and O–H groups in total. The Morgan fingerprint density at radius 2 is 2.07 bits per heavy atom. The van der Waals surface area contributed by atoms with Crippen LogP contribution in [0.4, 0.5) is 5.69 Å². The first-order valence-corrected chi connectivity index (χ1v) is 4.54. The fourth-order valence-electron chi connectivity index (χ4n) is 1.55. The van der Waals surface area contributed by atoms with Gasteiger partial charge in [-0.1, -0.05) is 12.7 Å². The van der Waals surface area contributed by atoms with E-state index in [4.69, 9.17) is 4.74 Å². The zero-order valence-electron chi connectivity index (χ0n) is 7.91. The Morgan fingerprint density at radius 1 is 1.33 bits per heavy atom. The van der Waals surface area contributed by atoms with Crippen LogP contribution in [-0.4, -0.2) is 18.6 Å². The van der Waals surface area contributed by atoms with Gasteiger partial charge in [-0.2, -0.15) is 0 Å². The van der Waals surface area contributed by atoms with Crippen LogP contribution in [0, 0.1) is 0 Å². The molecular weight excluding hydrogens is 198 g/mol. The maximum absolute atomic E-state index is 11.2. The smallest absolute Gasteiger partial charge is 0.328 e. The summed E-state index contributed by atoms with van der Waals surface area (Å²) in [7, 11) is 0. The van der Waals surface area contributed by atoms with Crippen molar-refractivity contribution in [3.63, 3.8) is 0 Å². The number of cyclic esters (lactones) is 1. The molecule has 2 rings (SSSR count). The quantitative estimate of drug-likeness (QED) is 0.542. The summed E-state index contributed by atoms with van der Waals surface area (Å²) in [5, 5.41) is 2.71. The minimum absolute atomic E-state index is 0.179. The normalized spacial score (nSPS) is 20.3. The van der Waals surface area contributed by atoms with Gasteiger partial charge < -0.3 is 10.1 Å². The largest absolute Gasteiger partial charge is 0.464 e. The lowest BCUT2D eigenvalue weighted by atomic mass is 10.1. The molecule has 1 aromatic carbocycles. The molecule has 78 valence electrons. The maximum atomic E-state index is 11.2. The Balaban J connectivity index is 2.22. The number of nitrogens with one attached hydrogen (secondary N) is 1. The van der Waals surface area contributed by atoms with E-state index in [1.54, 1.807) is 0 Å². The van der Waals surface area contributed by atoms with Gasteiger partial charge in [0, 0.05) is 6.42 Å². The molecule has 1 atom stereocenters. The van der Waals surface area contributed by atoms with Crippen LogP contribution in [0.25, 0.3) is 6.08 Å². The summed E-state index contributed by atoms with van der Waals surface area (Å²) in [5.74, 6) is -0.391. The van der Waals surface area contributed by atoms with Crippen LogP contribution in [0.1, 0.15) is 12.0 Å². The Kier molecular flexibility index (Phi) is 2.15. The van der Waals surface area contributed by atoms with E-state index in [1.807, 2.05) is 0 Å². The van der Waals surface area contributed by atoms with Gasteiger partial charge in [-0.25, -0.2) is 4.79 Å². The maximum Gasteiger partial charge on any atom is 0.328 e. The van der Waals surface area contributed by atoms with Crippen molar-refractivity contribution in [2.45, 2.75) is 12.5 Å². The minimum atomic E-state index is -0.593. The highest BCUT2D eigenvalue weighted by atomic mass is 16.5. The molecule has 0 unspecified atom stereocenters. The van der Waals surface area contributed by atoms with Crippen LogP contribution >= 0.6 is 0 Å². The van der Waals surface area contributed by atoms with Crippen LogP contribution in [-0.2, 0) is 9.53 Å². The van der Waals surface area contributed by atoms with E-state index in [9.17, 15) is 14.4 Å². The number of carbonyl (C=O) groups excluding carboxylic acids is 1. The number of hydrogen-bond donors (Lipinski definition) is 1. The number of esters is 1. The van der Waals surface area contributed by atoms with E-state index in [2.05, 4.69) is 11.9 Å². The molecule has 5 nitrogen and oxygen atoms in total. The van der Waals surface area contributed by atoms with Crippen molar-refractivity contribution >= 4 is 17.7 Å². The zero-order chi connectivity index (χ0) is 11.0. The average Bonchev–Trinajstić information content (AvgIpc) is 2.63. The molecule has 1 heterocycles. The van der Waals surface area contributed by atoms with Gasteiger partial charge in [0.05, 0.1) is 17.9 Å². The SMILES string of the molecule is C=Cc1c(N[C@H]2CCOC2=O)c(=O)c1=O. The van der Waals surface area contributed by atoms with Crippen molar-refractivity contribution in [1.82, 2.24) is 0 Å². The summed E-state index contributed by atoms with van der Waals surface area (Å²) in [4.78, 5) is 33.3. The van der Waals surface area contributed by atoms with Crippen LogP contribution in [0.15, 0.2) is 16.2 Å². The van der Waals surface area contributed by atoms with Crippen LogP contribution in [0.2, 0.25) is 0 Å². The van der Waals surface area contributed by atoms with E-state index < -0.39 is 22.9 Å². The van der Waals surface area contributed by atoms with Gasteiger partial charge in [-0.3, -0.25) is 9.59 Å². The molecule has 0 radical (unpaired) electrons. The Hall–Kier alpha value is -1.91. The van der Waals surface area contributed by atoms with Gasteiger partial charge in [0.25, 0.3) is 0 Å². The van der Waals surface area contributed by atoms with Crippen molar-refractivity contribution in [2.75, 3.05) is 11.9 Å². The van der Waals surface area contributed by atoms with E-state index in [-0.39, 0.29) is 11.3 Å². The predicted octanol–water partition coefficient (Wildman–Crippen LogP) is -0.347. The molecule has 0 saturated carbocycles. The first-order valence-electron chi connectivity index (χ1n) is 4.54. The lowest BCUT2D eigenvalue weighted by Gasteiger charge is -2.13. The third-order valence-corrected chi connectivity index (χ3v) is 2.41. The number of carbonyl (C=O) groups is 1. The molecule has 0 aliphatic carbocycles. The Morgan fingerprint density at radius 3 is 2.60 bits per heavy atom.